The molecule has 0 aromatic carbocycles. The minimum absolute atomic E-state index is 0.626. The van der Waals surface area contributed by atoms with Crippen LogP contribution in [0.1, 0.15) is 28.9 Å². The number of aryl methyl sites for hydroxylation is 2. The Labute approximate surface area is 101 Å². The highest BCUT2D eigenvalue weighted by atomic mass is 32.1. The van der Waals surface area contributed by atoms with E-state index in [0.717, 1.165) is 26.2 Å². The summed E-state index contributed by atoms with van der Waals surface area (Å²) in [6.45, 7) is 6.75. The zero-order valence-corrected chi connectivity index (χ0v) is 10.6. The van der Waals surface area contributed by atoms with Crippen molar-refractivity contribution in [3.8, 4) is 0 Å². The van der Waals surface area contributed by atoms with Gasteiger partial charge in [0.2, 0.25) is 0 Å². The first-order chi connectivity index (χ1) is 7.81. The molecular formula is C12H19N3S. The Morgan fingerprint density at radius 1 is 1.50 bits per heavy atom. The summed E-state index contributed by atoms with van der Waals surface area (Å²) in [5, 5.41) is 4.81. The van der Waals surface area contributed by atoms with Crippen LogP contribution in [-0.2, 0) is 19.4 Å². The first-order valence-corrected chi connectivity index (χ1v) is 7.06. The van der Waals surface area contributed by atoms with Crippen molar-refractivity contribution in [2.45, 2.75) is 38.8 Å². The Morgan fingerprint density at radius 2 is 2.44 bits per heavy atom. The quantitative estimate of drug-likeness (QED) is 0.843. The van der Waals surface area contributed by atoms with E-state index in [-0.39, 0.29) is 0 Å². The van der Waals surface area contributed by atoms with Gasteiger partial charge < -0.3 is 5.32 Å². The maximum atomic E-state index is 4.77. The Morgan fingerprint density at radius 3 is 3.25 bits per heavy atom. The van der Waals surface area contributed by atoms with E-state index < -0.39 is 0 Å². The fourth-order valence-corrected chi connectivity index (χ4v) is 3.86. The molecule has 0 unspecified atom stereocenters. The molecule has 0 spiro atoms. The number of rotatable bonds is 2. The summed E-state index contributed by atoms with van der Waals surface area (Å²) in [6, 6.07) is 0.626. The van der Waals surface area contributed by atoms with Gasteiger partial charge in [-0.15, -0.1) is 11.3 Å². The first kappa shape index (κ1) is 10.7. The van der Waals surface area contributed by atoms with Crippen LogP contribution in [0.3, 0.4) is 0 Å². The number of nitrogens with one attached hydrogen (secondary N) is 1. The van der Waals surface area contributed by atoms with Gasteiger partial charge in [-0.1, -0.05) is 0 Å². The van der Waals surface area contributed by atoms with E-state index >= 15 is 0 Å². The van der Waals surface area contributed by atoms with Gasteiger partial charge in [-0.2, -0.15) is 0 Å². The number of aromatic nitrogens is 1. The fourth-order valence-electron chi connectivity index (χ4n) is 2.66. The van der Waals surface area contributed by atoms with Crippen LogP contribution in [0.4, 0.5) is 0 Å². The second-order valence-electron chi connectivity index (χ2n) is 4.92. The number of thiazole rings is 1. The van der Waals surface area contributed by atoms with Crippen molar-refractivity contribution in [2.24, 2.45) is 0 Å². The molecule has 1 aromatic heterocycles. The van der Waals surface area contributed by atoms with Crippen LogP contribution in [0.15, 0.2) is 0 Å². The molecule has 1 aliphatic carbocycles. The van der Waals surface area contributed by atoms with Crippen LogP contribution in [-0.4, -0.2) is 35.6 Å². The molecule has 1 fully saturated rings. The van der Waals surface area contributed by atoms with Crippen molar-refractivity contribution in [1.82, 2.24) is 15.2 Å². The third-order valence-corrected chi connectivity index (χ3v) is 4.59. The molecule has 1 aromatic rings. The normalized spacial score (nSPS) is 25.9. The number of hydrogen-bond donors (Lipinski definition) is 1. The minimum atomic E-state index is 0.626. The van der Waals surface area contributed by atoms with Gasteiger partial charge in [0.25, 0.3) is 0 Å². The highest BCUT2D eigenvalue weighted by Gasteiger charge is 2.20. The van der Waals surface area contributed by atoms with Crippen LogP contribution >= 0.6 is 11.3 Å². The van der Waals surface area contributed by atoms with Gasteiger partial charge in [-0.3, -0.25) is 4.90 Å². The third-order valence-electron chi connectivity index (χ3n) is 3.45. The molecule has 3 nitrogen and oxygen atoms in total. The minimum Gasteiger partial charge on any atom is -0.312 e. The third kappa shape index (κ3) is 2.14. The van der Waals surface area contributed by atoms with Crippen LogP contribution in [0.2, 0.25) is 0 Å². The molecule has 0 radical (unpaired) electrons. The molecule has 1 saturated heterocycles. The van der Waals surface area contributed by atoms with E-state index in [0.29, 0.717) is 6.04 Å². The molecular weight excluding hydrogens is 218 g/mol. The van der Waals surface area contributed by atoms with E-state index in [4.69, 9.17) is 4.98 Å². The average Bonchev–Trinajstić information content (AvgIpc) is 2.77. The number of nitrogens with zero attached hydrogens (tertiary/aromatic N) is 2. The summed E-state index contributed by atoms with van der Waals surface area (Å²) in [4.78, 5) is 8.84. The van der Waals surface area contributed by atoms with E-state index in [1.54, 1.807) is 4.88 Å². The van der Waals surface area contributed by atoms with E-state index in [2.05, 4.69) is 17.1 Å². The lowest BCUT2D eigenvalue weighted by atomic mass is 10.2. The smallest absolute Gasteiger partial charge is 0.107 e. The standard InChI is InChI=1S/C12H19N3S/c1-9-7-15(6-5-13-9)8-12-14-10-3-2-4-11(10)16-12/h9,13H,2-8H2,1H3/t9-/m1/s1. The van der Waals surface area contributed by atoms with Gasteiger partial charge in [-0.05, 0) is 26.2 Å². The zero-order chi connectivity index (χ0) is 11.0. The van der Waals surface area contributed by atoms with E-state index in [1.807, 2.05) is 11.3 Å². The highest BCUT2D eigenvalue weighted by molar-refractivity contribution is 7.11. The average molecular weight is 237 g/mol. The molecule has 4 heteroatoms. The van der Waals surface area contributed by atoms with Crippen molar-refractivity contribution < 1.29 is 0 Å². The summed E-state index contributed by atoms with van der Waals surface area (Å²) in [5.41, 5.74) is 1.39. The Hall–Kier alpha value is -0.450. The maximum absolute atomic E-state index is 4.77. The summed E-state index contributed by atoms with van der Waals surface area (Å²) >= 11 is 1.94. The molecule has 16 heavy (non-hydrogen) atoms. The number of hydrogen-bond acceptors (Lipinski definition) is 4. The molecule has 3 rings (SSSR count). The van der Waals surface area contributed by atoms with Crippen LogP contribution in [0.5, 0.6) is 0 Å². The van der Waals surface area contributed by atoms with Crippen molar-refractivity contribution in [2.75, 3.05) is 19.6 Å². The predicted octanol–water partition coefficient (Wildman–Crippen LogP) is 1.43. The lowest BCUT2D eigenvalue weighted by molar-refractivity contribution is 0.199. The monoisotopic (exact) mass is 237 g/mol. The van der Waals surface area contributed by atoms with Gasteiger partial charge in [0.1, 0.15) is 5.01 Å². The van der Waals surface area contributed by atoms with Gasteiger partial charge >= 0.3 is 0 Å². The maximum Gasteiger partial charge on any atom is 0.107 e. The predicted molar refractivity (Wildman–Crippen MR) is 66.9 cm³/mol. The molecule has 2 heterocycles. The molecule has 0 amide bonds. The summed E-state index contributed by atoms with van der Waals surface area (Å²) in [7, 11) is 0. The van der Waals surface area contributed by atoms with Gasteiger partial charge in [-0.25, -0.2) is 4.98 Å². The molecule has 0 bridgehead atoms. The van der Waals surface area contributed by atoms with Gasteiger partial charge in [0.15, 0.2) is 0 Å². The SMILES string of the molecule is C[C@@H]1CN(Cc2nc3c(s2)CCC3)CCN1. The van der Waals surface area contributed by atoms with Gasteiger partial charge in [0.05, 0.1) is 12.2 Å². The number of piperazine rings is 1. The van der Waals surface area contributed by atoms with Gasteiger partial charge in [0, 0.05) is 30.6 Å². The molecule has 0 saturated carbocycles. The van der Waals surface area contributed by atoms with Crippen LogP contribution < -0.4 is 5.32 Å². The molecule has 88 valence electrons. The van der Waals surface area contributed by atoms with E-state index in [9.17, 15) is 0 Å². The first-order valence-electron chi connectivity index (χ1n) is 6.24. The summed E-state index contributed by atoms with van der Waals surface area (Å²) in [6.07, 6.45) is 3.80. The Balaban J connectivity index is 1.65. The van der Waals surface area contributed by atoms with Crippen molar-refractivity contribution in [3.05, 3.63) is 15.6 Å². The van der Waals surface area contributed by atoms with E-state index in [1.165, 1.54) is 30.0 Å². The molecule has 1 N–H and O–H groups in total. The largest absolute Gasteiger partial charge is 0.312 e. The second kappa shape index (κ2) is 4.43. The molecule has 2 aliphatic rings. The van der Waals surface area contributed by atoms with Crippen molar-refractivity contribution in [3.63, 3.8) is 0 Å². The Kier molecular flexibility index (Phi) is 2.96. The highest BCUT2D eigenvalue weighted by Crippen LogP contribution is 2.28. The lowest BCUT2D eigenvalue weighted by Gasteiger charge is -2.31. The topological polar surface area (TPSA) is 28.2 Å². The fraction of sp³-hybridized carbons (Fsp3) is 0.750. The lowest BCUT2D eigenvalue weighted by Crippen LogP contribution is -2.48. The molecule has 1 aliphatic heterocycles. The van der Waals surface area contributed by atoms with Crippen LogP contribution in [0.25, 0.3) is 0 Å². The number of fused-ring (bicyclic) bond motifs is 1. The van der Waals surface area contributed by atoms with Crippen LogP contribution in [0, 0.1) is 0 Å². The van der Waals surface area contributed by atoms with Crippen molar-refractivity contribution in [1.29, 1.82) is 0 Å². The molecule has 1 atom stereocenters. The summed E-state index contributed by atoms with van der Waals surface area (Å²) < 4.78 is 0. The zero-order valence-electron chi connectivity index (χ0n) is 9.83. The summed E-state index contributed by atoms with van der Waals surface area (Å²) in [5.74, 6) is 0. The Bertz CT molecular complexity index is 353. The second-order valence-corrected chi connectivity index (χ2v) is 6.09. The van der Waals surface area contributed by atoms with Crippen molar-refractivity contribution >= 4 is 11.3 Å².